The molecule has 1 rings (SSSR count). The Labute approximate surface area is 108 Å². The molecule has 0 spiro atoms. The molecule has 17 heavy (non-hydrogen) atoms. The van der Waals surface area contributed by atoms with Crippen molar-refractivity contribution in [2.45, 2.75) is 20.3 Å². The van der Waals surface area contributed by atoms with Crippen LogP contribution in [-0.2, 0) is 7.05 Å². The molecule has 2 N–H and O–H groups in total. The molecule has 0 atom stereocenters. The first-order valence-corrected chi connectivity index (χ1v) is 5.64. The molecule has 5 nitrogen and oxygen atoms in total. The van der Waals surface area contributed by atoms with Crippen LogP contribution in [0.3, 0.4) is 0 Å². The highest BCUT2D eigenvalue weighted by molar-refractivity contribution is 5.94. The Bertz CT molecular complexity index is 351. The van der Waals surface area contributed by atoms with Gasteiger partial charge in [0.2, 0.25) is 0 Å². The van der Waals surface area contributed by atoms with E-state index >= 15 is 0 Å². The Hall–Kier alpha value is -1.07. The molecule has 1 heterocycles. The Kier molecular flexibility index (Phi) is 7.58. The highest BCUT2D eigenvalue weighted by Gasteiger charge is 2.11. The van der Waals surface area contributed by atoms with E-state index in [1.54, 1.807) is 10.9 Å². The Morgan fingerprint density at radius 1 is 1.41 bits per heavy atom. The van der Waals surface area contributed by atoms with E-state index in [2.05, 4.69) is 22.7 Å². The second-order valence-corrected chi connectivity index (χ2v) is 3.77. The quantitative estimate of drug-likeness (QED) is 0.747. The molecular formula is C11H21ClN4O. The maximum Gasteiger partial charge on any atom is 0.254 e. The van der Waals surface area contributed by atoms with E-state index in [4.69, 9.17) is 0 Å². The minimum atomic E-state index is -0.0519. The van der Waals surface area contributed by atoms with E-state index in [0.29, 0.717) is 12.1 Å². The van der Waals surface area contributed by atoms with Crippen LogP contribution < -0.4 is 10.6 Å². The van der Waals surface area contributed by atoms with Crippen LogP contribution in [0.1, 0.15) is 29.4 Å². The molecule has 1 amide bonds. The molecule has 0 radical (unpaired) electrons. The largest absolute Gasteiger partial charge is 0.351 e. The van der Waals surface area contributed by atoms with Gasteiger partial charge in [-0.05, 0) is 19.9 Å². The Morgan fingerprint density at radius 3 is 2.65 bits per heavy atom. The van der Waals surface area contributed by atoms with Crippen molar-refractivity contribution in [3.8, 4) is 0 Å². The zero-order valence-electron chi connectivity index (χ0n) is 10.6. The van der Waals surface area contributed by atoms with Gasteiger partial charge in [0.1, 0.15) is 0 Å². The van der Waals surface area contributed by atoms with Crippen LogP contribution in [0.4, 0.5) is 0 Å². The minimum Gasteiger partial charge on any atom is -0.351 e. The summed E-state index contributed by atoms with van der Waals surface area (Å²) in [5.74, 6) is -0.0519. The van der Waals surface area contributed by atoms with Crippen LogP contribution >= 0.6 is 12.4 Å². The molecule has 1 aromatic rings. The van der Waals surface area contributed by atoms with Crippen molar-refractivity contribution < 1.29 is 4.79 Å². The van der Waals surface area contributed by atoms with E-state index in [9.17, 15) is 4.79 Å². The van der Waals surface area contributed by atoms with Crippen molar-refractivity contribution in [3.05, 3.63) is 17.5 Å². The van der Waals surface area contributed by atoms with Crippen molar-refractivity contribution in [1.29, 1.82) is 0 Å². The topological polar surface area (TPSA) is 58.9 Å². The van der Waals surface area contributed by atoms with Gasteiger partial charge in [0, 0.05) is 25.8 Å². The minimum absolute atomic E-state index is 0. The molecule has 1 aromatic heterocycles. The maximum absolute atomic E-state index is 11.7. The monoisotopic (exact) mass is 260 g/mol. The zero-order valence-corrected chi connectivity index (χ0v) is 11.4. The summed E-state index contributed by atoms with van der Waals surface area (Å²) in [7, 11) is 1.83. The highest BCUT2D eigenvalue weighted by Crippen LogP contribution is 2.04. The molecule has 0 saturated carbocycles. The molecule has 0 fully saturated rings. The molecule has 0 unspecified atom stereocenters. The summed E-state index contributed by atoms with van der Waals surface area (Å²) in [6.07, 6.45) is 2.71. The van der Waals surface area contributed by atoms with Crippen LogP contribution in [0.2, 0.25) is 0 Å². The highest BCUT2D eigenvalue weighted by atomic mass is 35.5. The number of carbonyl (C=O) groups is 1. The third kappa shape index (κ3) is 4.75. The standard InChI is InChI=1S/C11H20N4O.ClH/c1-4-5-12-6-7-13-11(16)10-8-14-15(3)9(10)2;/h8,12H,4-7H2,1-3H3,(H,13,16);1H. The van der Waals surface area contributed by atoms with Crippen LogP contribution in [0.15, 0.2) is 6.20 Å². The fourth-order valence-corrected chi connectivity index (χ4v) is 1.38. The number of halogens is 1. The number of hydrogen-bond acceptors (Lipinski definition) is 3. The Balaban J connectivity index is 0.00000256. The van der Waals surface area contributed by atoms with Gasteiger partial charge >= 0.3 is 0 Å². The lowest BCUT2D eigenvalue weighted by molar-refractivity contribution is 0.0953. The van der Waals surface area contributed by atoms with Gasteiger partial charge in [0.25, 0.3) is 5.91 Å². The normalized spacial score (nSPS) is 9.82. The zero-order chi connectivity index (χ0) is 12.0. The van der Waals surface area contributed by atoms with Gasteiger partial charge in [-0.3, -0.25) is 9.48 Å². The summed E-state index contributed by atoms with van der Waals surface area (Å²) in [6, 6.07) is 0. The summed E-state index contributed by atoms with van der Waals surface area (Å²) >= 11 is 0. The van der Waals surface area contributed by atoms with E-state index in [1.807, 2.05) is 14.0 Å². The number of hydrogen-bond donors (Lipinski definition) is 2. The van der Waals surface area contributed by atoms with Crippen molar-refractivity contribution >= 4 is 18.3 Å². The third-order valence-corrected chi connectivity index (χ3v) is 2.49. The summed E-state index contributed by atoms with van der Waals surface area (Å²) in [5, 5.41) is 10.1. The predicted octanol–water partition coefficient (Wildman–Crippen LogP) is 0.880. The number of aromatic nitrogens is 2. The first-order valence-electron chi connectivity index (χ1n) is 5.64. The maximum atomic E-state index is 11.7. The molecule has 6 heteroatoms. The molecule has 0 aromatic carbocycles. The lowest BCUT2D eigenvalue weighted by Gasteiger charge is -2.05. The molecule has 98 valence electrons. The molecule has 0 aliphatic heterocycles. The third-order valence-electron chi connectivity index (χ3n) is 2.49. The number of nitrogens with zero attached hydrogens (tertiary/aromatic N) is 2. The molecule has 0 aliphatic rings. The number of aryl methyl sites for hydroxylation is 1. The van der Waals surface area contributed by atoms with Crippen LogP contribution in [0.25, 0.3) is 0 Å². The number of carbonyl (C=O) groups excluding carboxylic acids is 1. The van der Waals surface area contributed by atoms with Gasteiger partial charge in [-0.25, -0.2) is 0 Å². The van der Waals surface area contributed by atoms with Gasteiger partial charge < -0.3 is 10.6 Å². The van der Waals surface area contributed by atoms with Crippen molar-refractivity contribution in [1.82, 2.24) is 20.4 Å². The smallest absolute Gasteiger partial charge is 0.254 e. The summed E-state index contributed by atoms with van der Waals surface area (Å²) < 4.78 is 1.70. The van der Waals surface area contributed by atoms with E-state index in [-0.39, 0.29) is 18.3 Å². The van der Waals surface area contributed by atoms with Gasteiger partial charge in [-0.2, -0.15) is 5.10 Å². The second kappa shape index (κ2) is 8.08. The molecule has 0 aliphatic carbocycles. The second-order valence-electron chi connectivity index (χ2n) is 3.77. The number of rotatable bonds is 6. The SMILES string of the molecule is CCCNCCNC(=O)c1cnn(C)c1C.Cl. The predicted molar refractivity (Wildman–Crippen MR) is 70.7 cm³/mol. The number of nitrogens with one attached hydrogen (secondary N) is 2. The van der Waals surface area contributed by atoms with Gasteiger partial charge in [0.05, 0.1) is 11.8 Å². The summed E-state index contributed by atoms with van der Waals surface area (Å²) in [4.78, 5) is 11.7. The van der Waals surface area contributed by atoms with Gasteiger partial charge in [0.15, 0.2) is 0 Å². The average Bonchev–Trinajstić information content (AvgIpc) is 2.59. The lowest BCUT2D eigenvalue weighted by Crippen LogP contribution is -2.32. The van der Waals surface area contributed by atoms with Crippen molar-refractivity contribution in [2.75, 3.05) is 19.6 Å². The summed E-state index contributed by atoms with van der Waals surface area (Å²) in [5.41, 5.74) is 1.54. The number of amides is 1. The summed E-state index contributed by atoms with van der Waals surface area (Å²) in [6.45, 7) is 6.44. The van der Waals surface area contributed by atoms with Gasteiger partial charge in [-0.1, -0.05) is 6.92 Å². The fraction of sp³-hybridized carbons (Fsp3) is 0.636. The first-order chi connectivity index (χ1) is 7.66. The fourth-order valence-electron chi connectivity index (χ4n) is 1.38. The molecule has 0 bridgehead atoms. The Morgan fingerprint density at radius 2 is 2.12 bits per heavy atom. The first kappa shape index (κ1) is 15.9. The van der Waals surface area contributed by atoms with Crippen molar-refractivity contribution in [3.63, 3.8) is 0 Å². The van der Waals surface area contributed by atoms with E-state index < -0.39 is 0 Å². The van der Waals surface area contributed by atoms with Crippen molar-refractivity contribution in [2.24, 2.45) is 7.05 Å². The van der Waals surface area contributed by atoms with Gasteiger partial charge in [-0.15, -0.1) is 12.4 Å². The molecular weight excluding hydrogens is 240 g/mol. The van der Waals surface area contributed by atoms with E-state index in [0.717, 1.165) is 25.2 Å². The van der Waals surface area contributed by atoms with Crippen LogP contribution in [0, 0.1) is 6.92 Å². The van der Waals surface area contributed by atoms with E-state index in [1.165, 1.54) is 0 Å². The van der Waals surface area contributed by atoms with Crippen LogP contribution in [-0.4, -0.2) is 35.3 Å². The molecule has 0 saturated heterocycles. The average molecular weight is 261 g/mol. The lowest BCUT2D eigenvalue weighted by atomic mass is 10.2. The van der Waals surface area contributed by atoms with Crippen LogP contribution in [0.5, 0.6) is 0 Å².